The van der Waals surface area contributed by atoms with Gasteiger partial charge in [0.1, 0.15) is 0 Å². The first-order chi connectivity index (χ1) is 7.95. The third-order valence-corrected chi connectivity index (χ3v) is 3.51. The summed E-state index contributed by atoms with van der Waals surface area (Å²) in [4.78, 5) is 15.9. The lowest BCUT2D eigenvalue weighted by atomic mass is 10.0. The van der Waals surface area contributed by atoms with Gasteiger partial charge in [-0.15, -0.1) is 0 Å². The fourth-order valence-corrected chi connectivity index (χ4v) is 1.56. The van der Waals surface area contributed by atoms with E-state index in [0.717, 1.165) is 12.1 Å². The second-order valence-electron chi connectivity index (χ2n) is 4.00. The number of nitrogens with zero attached hydrogens (tertiary/aromatic N) is 1. The van der Waals surface area contributed by atoms with Gasteiger partial charge in [-0.05, 0) is 37.5 Å². The molecule has 0 spiro atoms. The minimum Gasteiger partial charge on any atom is -0.267 e. The van der Waals surface area contributed by atoms with Crippen LogP contribution in [0.3, 0.4) is 0 Å². The summed E-state index contributed by atoms with van der Waals surface area (Å²) in [6.45, 7) is 5.97. The third kappa shape index (κ3) is 3.83. The van der Waals surface area contributed by atoms with E-state index in [2.05, 4.69) is 11.9 Å². The third-order valence-electron chi connectivity index (χ3n) is 2.77. The first-order valence-electron chi connectivity index (χ1n) is 5.50. The number of hydrogen-bond acceptors (Lipinski definition) is 1. The largest absolute Gasteiger partial charge is 0.276 e. The number of benzene rings is 1. The van der Waals surface area contributed by atoms with Gasteiger partial charge in [0.05, 0.1) is 10.0 Å². The predicted octanol–water partition coefficient (Wildman–Crippen LogP) is 4.64. The molecule has 1 rings (SSSR count). The van der Waals surface area contributed by atoms with E-state index < -0.39 is 0 Å². The van der Waals surface area contributed by atoms with Crippen LogP contribution in [0.2, 0.25) is 10.0 Å². The van der Waals surface area contributed by atoms with Crippen LogP contribution in [0.1, 0.15) is 37.6 Å². The normalized spacial score (nSPS) is 13.6. The van der Waals surface area contributed by atoms with E-state index in [1.165, 1.54) is 0 Å². The van der Waals surface area contributed by atoms with Gasteiger partial charge in [0.25, 0.3) is 5.91 Å². The van der Waals surface area contributed by atoms with Crippen molar-refractivity contribution in [3.63, 3.8) is 0 Å². The fourth-order valence-electron chi connectivity index (χ4n) is 1.26. The lowest BCUT2D eigenvalue weighted by molar-refractivity contribution is 0.100. The molecule has 0 heterocycles. The first-order valence-corrected chi connectivity index (χ1v) is 6.25. The highest BCUT2D eigenvalue weighted by atomic mass is 35.5. The zero-order valence-corrected chi connectivity index (χ0v) is 11.6. The molecular weight excluding hydrogens is 257 g/mol. The Morgan fingerprint density at radius 1 is 1.35 bits per heavy atom. The molecule has 0 N–H and O–H groups in total. The van der Waals surface area contributed by atoms with Gasteiger partial charge in [-0.25, -0.2) is 4.99 Å². The summed E-state index contributed by atoms with van der Waals surface area (Å²) in [6.07, 6.45) is 0.962. The second kappa shape index (κ2) is 6.18. The summed E-state index contributed by atoms with van der Waals surface area (Å²) < 4.78 is 0. The van der Waals surface area contributed by atoms with Crippen molar-refractivity contribution in [2.75, 3.05) is 0 Å². The fraction of sp³-hybridized carbons (Fsp3) is 0.385. The SMILES string of the molecule is CCC(C)C(C)=NC(=O)c1ccc(Cl)c(Cl)c1. The van der Waals surface area contributed by atoms with Crippen LogP contribution in [0.25, 0.3) is 0 Å². The molecule has 0 aromatic heterocycles. The van der Waals surface area contributed by atoms with Gasteiger partial charge in [-0.1, -0.05) is 37.0 Å². The van der Waals surface area contributed by atoms with E-state index >= 15 is 0 Å². The summed E-state index contributed by atoms with van der Waals surface area (Å²) >= 11 is 11.6. The molecule has 0 saturated heterocycles. The minimum atomic E-state index is -0.277. The lowest BCUT2D eigenvalue weighted by Crippen LogP contribution is -2.09. The van der Waals surface area contributed by atoms with E-state index in [1.807, 2.05) is 13.8 Å². The van der Waals surface area contributed by atoms with Crippen molar-refractivity contribution in [3.8, 4) is 0 Å². The van der Waals surface area contributed by atoms with Gasteiger partial charge in [-0.3, -0.25) is 4.79 Å². The summed E-state index contributed by atoms with van der Waals surface area (Å²) in [5.41, 5.74) is 1.30. The molecule has 1 aromatic rings. The Morgan fingerprint density at radius 2 is 2.00 bits per heavy atom. The van der Waals surface area contributed by atoms with Crippen LogP contribution < -0.4 is 0 Å². The number of rotatable bonds is 3. The Kier molecular flexibility index (Phi) is 5.16. The first kappa shape index (κ1) is 14.2. The Hall–Kier alpha value is -0.860. The maximum atomic E-state index is 11.8. The van der Waals surface area contributed by atoms with Crippen molar-refractivity contribution in [2.24, 2.45) is 10.9 Å². The average Bonchev–Trinajstić information content (AvgIpc) is 2.31. The molecule has 4 heteroatoms. The predicted molar refractivity (Wildman–Crippen MR) is 73.4 cm³/mol. The van der Waals surface area contributed by atoms with Crippen LogP contribution in [0, 0.1) is 5.92 Å². The number of hydrogen-bond donors (Lipinski definition) is 0. The van der Waals surface area contributed by atoms with E-state index in [9.17, 15) is 4.79 Å². The van der Waals surface area contributed by atoms with Crippen molar-refractivity contribution in [1.29, 1.82) is 0 Å². The van der Waals surface area contributed by atoms with Crippen molar-refractivity contribution in [3.05, 3.63) is 33.8 Å². The Balaban J connectivity index is 2.94. The molecule has 0 aliphatic rings. The lowest BCUT2D eigenvalue weighted by Gasteiger charge is -2.07. The maximum absolute atomic E-state index is 11.8. The minimum absolute atomic E-state index is 0.277. The van der Waals surface area contributed by atoms with Crippen LogP contribution in [-0.2, 0) is 0 Å². The van der Waals surface area contributed by atoms with E-state index in [1.54, 1.807) is 18.2 Å². The molecule has 17 heavy (non-hydrogen) atoms. The number of halogens is 2. The number of carbonyl (C=O) groups is 1. The molecule has 0 saturated carbocycles. The summed E-state index contributed by atoms with van der Waals surface area (Å²) in [5.74, 6) is 0.0306. The molecule has 2 nitrogen and oxygen atoms in total. The van der Waals surface area contributed by atoms with Crippen molar-refractivity contribution >= 4 is 34.8 Å². The summed E-state index contributed by atoms with van der Waals surface area (Å²) in [6, 6.07) is 4.77. The molecule has 0 aliphatic heterocycles. The molecular formula is C13H15Cl2NO. The highest BCUT2D eigenvalue weighted by molar-refractivity contribution is 6.42. The van der Waals surface area contributed by atoms with Gasteiger partial charge in [0.15, 0.2) is 0 Å². The second-order valence-corrected chi connectivity index (χ2v) is 4.81. The van der Waals surface area contributed by atoms with Gasteiger partial charge >= 0.3 is 0 Å². The van der Waals surface area contributed by atoms with Crippen LogP contribution in [0.4, 0.5) is 0 Å². The summed E-state index contributed by atoms with van der Waals surface area (Å²) in [7, 11) is 0. The Labute approximate surface area is 112 Å². The quantitative estimate of drug-likeness (QED) is 0.737. The molecule has 0 fully saturated rings. The molecule has 1 atom stereocenters. The van der Waals surface area contributed by atoms with Crippen molar-refractivity contribution < 1.29 is 4.79 Å². The Morgan fingerprint density at radius 3 is 2.53 bits per heavy atom. The van der Waals surface area contributed by atoms with Crippen LogP contribution >= 0.6 is 23.2 Å². The molecule has 1 aromatic carbocycles. The smallest absolute Gasteiger partial charge is 0.267 e. The number of carbonyl (C=O) groups excluding carboxylic acids is 1. The van der Waals surface area contributed by atoms with Crippen LogP contribution in [0.15, 0.2) is 23.2 Å². The molecule has 0 radical (unpaired) electrons. The van der Waals surface area contributed by atoms with Crippen molar-refractivity contribution in [1.82, 2.24) is 0 Å². The number of amides is 1. The molecule has 0 aliphatic carbocycles. The van der Waals surface area contributed by atoms with Crippen LogP contribution in [-0.4, -0.2) is 11.6 Å². The maximum Gasteiger partial charge on any atom is 0.276 e. The topological polar surface area (TPSA) is 29.4 Å². The standard InChI is InChI=1S/C13H15Cl2NO/c1-4-8(2)9(3)16-13(17)10-5-6-11(14)12(15)7-10/h5-8H,4H2,1-3H3. The van der Waals surface area contributed by atoms with Crippen molar-refractivity contribution in [2.45, 2.75) is 27.2 Å². The van der Waals surface area contributed by atoms with Gasteiger partial charge in [0, 0.05) is 11.3 Å². The monoisotopic (exact) mass is 271 g/mol. The molecule has 92 valence electrons. The Bertz CT molecular complexity index is 455. The highest BCUT2D eigenvalue weighted by Crippen LogP contribution is 2.23. The van der Waals surface area contributed by atoms with Gasteiger partial charge in [0.2, 0.25) is 0 Å². The summed E-state index contributed by atoms with van der Waals surface area (Å²) in [5, 5.41) is 0.805. The zero-order chi connectivity index (χ0) is 13.0. The zero-order valence-electron chi connectivity index (χ0n) is 10.1. The molecule has 1 unspecified atom stereocenters. The average molecular weight is 272 g/mol. The number of aliphatic imine (C=N–C) groups is 1. The highest BCUT2D eigenvalue weighted by Gasteiger charge is 2.09. The molecule has 1 amide bonds. The van der Waals surface area contributed by atoms with Gasteiger partial charge in [-0.2, -0.15) is 0 Å². The van der Waals surface area contributed by atoms with E-state index in [4.69, 9.17) is 23.2 Å². The van der Waals surface area contributed by atoms with Crippen LogP contribution in [0.5, 0.6) is 0 Å². The van der Waals surface area contributed by atoms with E-state index in [-0.39, 0.29) is 5.91 Å². The molecule has 0 bridgehead atoms. The van der Waals surface area contributed by atoms with E-state index in [0.29, 0.717) is 21.5 Å². The van der Waals surface area contributed by atoms with Gasteiger partial charge < -0.3 is 0 Å².